The van der Waals surface area contributed by atoms with Gasteiger partial charge in [0.25, 0.3) is 5.91 Å². The van der Waals surface area contributed by atoms with Crippen molar-refractivity contribution in [2.75, 3.05) is 6.79 Å². The molecule has 0 radical (unpaired) electrons. The van der Waals surface area contributed by atoms with Crippen LogP contribution in [0.4, 0.5) is 18.0 Å². The highest BCUT2D eigenvalue weighted by atomic mass is 19.4. The van der Waals surface area contributed by atoms with E-state index in [1.54, 1.807) is 25.1 Å². The molecule has 29 heavy (non-hydrogen) atoms. The number of rotatable bonds is 4. The van der Waals surface area contributed by atoms with Crippen molar-refractivity contribution in [2.24, 2.45) is 0 Å². The molecule has 1 unspecified atom stereocenters. The second-order valence-corrected chi connectivity index (χ2v) is 7.21. The first kappa shape index (κ1) is 19.1. The van der Waals surface area contributed by atoms with E-state index >= 15 is 0 Å². The number of nitrogens with zero attached hydrogens (tertiary/aromatic N) is 1. The van der Waals surface area contributed by atoms with Gasteiger partial charge < -0.3 is 14.8 Å². The number of carbonyl (C=O) groups is 2. The highest BCUT2D eigenvalue weighted by Crippen LogP contribution is 2.34. The lowest BCUT2D eigenvalue weighted by Crippen LogP contribution is -2.45. The van der Waals surface area contributed by atoms with Crippen molar-refractivity contribution in [2.45, 2.75) is 31.6 Å². The molecule has 152 valence electrons. The molecule has 2 aliphatic heterocycles. The number of urea groups is 1. The van der Waals surface area contributed by atoms with Crippen LogP contribution in [0, 0.1) is 0 Å². The Morgan fingerprint density at radius 3 is 2.38 bits per heavy atom. The molecule has 0 spiro atoms. The lowest BCUT2D eigenvalue weighted by molar-refractivity contribution is -0.137. The van der Waals surface area contributed by atoms with Crippen molar-refractivity contribution in [3.8, 4) is 11.5 Å². The summed E-state index contributed by atoms with van der Waals surface area (Å²) in [5.41, 5.74) is -0.752. The molecular formula is C20H17F3N2O4. The maximum atomic E-state index is 12.9. The lowest BCUT2D eigenvalue weighted by atomic mass is 9.92. The van der Waals surface area contributed by atoms with E-state index in [2.05, 4.69) is 5.32 Å². The Kier molecular flexibility index (Phi) is 4.40. The van der Waals surface area contributed by atoms with Crippen molar-refractivity contribution in [3.63, 3.8) is 0 Å². The van der Waals surface area contributed by atoms with Gasteiger partial charge in [-0.2, -0.15) is 13.2 Å². The minimum absolute atomic E-state index is 0.112. The zero-order valence-electron chi connectivity index (χ0n) is 15.4. The van der Waals surface area contributed by atoms with E-state index in [0.29, 0.717) is 17.1 Å². The number of nitrogens with one attached hydrogen (secondary N) is 1. The molecule has 1 saturated heterocycles. The Hall–Kier alpha value is -3.23. The smallest absolute Gasteiger partial charge is 0.416 e. The molecule has 2 aromatic rings. The molecule has 0 bridgehead atoms. The van der Waals surface area contributed by atoms with Gasteiger partial charge in [0.15, 0.2) is 11.5 Å². The molecule has 6 nitrogen and oxygen atoms in total. The predicted molar refractivity (Wildman–Crippen MR) is 95.2 cm³/mol. The van der Waals surface area contributed by atoms with Crippen molar-refractivity contribution >= 4 is 11.9 Å². The normalized spacial score (nSPS) is 20.9. The minimum Gasteiger partial charge on any atom is -0.454 e. The van der Waals surface area contributed by atoms with Crippen LogP contribution < -0.4 is 14.8 Å². The highest BCUT2D eigenvalue weighted by molar-refractivity contribution is 6.06. The maximum absolute atomic E-state index is 12.9. The number of amides is 3. The van der Waals surface area contributed by atoms with Crippen LogP contribution in [0.5, 0.6) is 11.5 Å². The van der Waals surface area contributed by atoms with Gasteiger partial charge in [-0.25, -0.2) is 4.79 Å². The van der Waals surface area contributed by atoms with Crippen molar-refractivity contribution in [1.82, 2.24) is 10.2 Å². The van der Waals surface area contributed by atoms with Crippen LogP contribution in [0.15, 0.2) is 42.5 Å². The monoisotopic (exact) mass is 406 g/mol. The fraction of sp³-hybridized carbons (Fsp3) is 0.300. The van der Waals surface area contributed by atoms with Crippen LogP contribution in [0.1, 0.15) is 23.6 Å². The standard InChI is InChI=1S/C20H17F3N2O4/c1-19(9-13-4-7-15-16(8-13)29-11-28-15)17(26)25(18(27)24-19)10-12-2-5-14(6-3-12)20(21,22)23/h2-8H,9-11H2,1H3,(H,24,27). The molecule has 3 amide bonds. The number of alkyl halides is 3. The van der Waals surface area contributed by atoms with Crippen LogP contribution in [0.3, 0.4) is 0 Å². The molecule has 2 aromatic carbocycles. The van der Waals surface area contributed by atoms with Gasteiger partial charge in [0, 0.05) is 6.42 Å². The third-order valence-corrected chi connectivity index (χ3v) is 4.96. The first-order chi connectivity index (χ1) is 13.7. The van der Waals surface area contributed by atoms with Crippen molar-refractivity contribution in [1.29, 1.82) is 0 Å². The Morgan fingerprint density at radius 2 is 1.69 bits per heavy atom. The number of hydrogen-bond donors (Lipinski definition) is 1. The molecule has 2 aliphatic rings. The van der Waals surface area contributed by atoms with E-state index in [0.717, 1.165) is 22.6 Å². The number of imide groups is 1. The van der Waals surface area contributed by atoms with Gasteiger partial charge in [-0.05, 0) is 42.3 Å². The van der Waals surface area contributed by atoms with Gasteiger partial charge in [0.05, 0.1) is 12.1 Å². The summed E-state index contributed by atoms with van der Waals surface area (Å²) in [4.78, 5) is 26.3. The highest BCUT2D eigenvalue weighted by Gasteiger charge is 2.47. The number of ether oxygens (including phenoxy) is 2. The molecular weight excluding hydrogens is 389 g/mol. The van der Waals surface area contributed by atoms with Crippen LogP contribution in [-0.2, 0) is 23.9 Å². The average Bonchev–Trinajstić information content (AvgIpc) is 3.19. The molecule has 1 fully saturated rings. The minimum atomic E-state index is -4.44. The number of carbonyl (C=O) groups excluding carboxylic acids is 2. The molecule has 1 N–H and O–H groups in total. The van der Waals surface area contributed by atoms with Gasteiger partial charge >= 0.3 is 12.2 Å². The van der Waals surface area contributed by atoms with Gasteiger partial charge in [-0.1, -0.05) is 18.2 Å². The fourth-order valence-corrected chi connectivity index (χ4v) is 3.45. The molecule has 0 aromatic heterocycles. The van der Waals surface area contributed by atoms with Crippen LogP contribution in [0.25, 0.3) is 0 Å². The molecule has 9 heteroatoms. The van der Waals surface area contributed by atoms with E-state index in [-0.39, 0.29) is 19.8 Å². The largest absolute Gasteiger partial charge is 0.454 e. The average molecular weight is 406 g/mol. The molecule has 1 atom stereocenters. The van der Waals surface area contributed by atoms with Crippen LogP contribution in [0.2, 0.25) is 0 Å². The van der Waals surface area contributed by atoms with Gasteiger partial charge in [-0.3, -0.25) is 9.69 Å². The maximum Gasteiger partial charge on any atom is 0.416 e. The SMILES string of the molecule is CC1(Cc2ccc3c(c2)OCO3)NC(=O)N(Cc2ccc(C(F)(F)F)cc2)C1=O. The Labute approximate surface area is 164 Å². The lowest BCUT2D eigenvalue weighted by Gasteiger charge is -2.22. The zero-order chi connectivity index (χ0) is 20.8. The topological polar surface area (TPSA) is 67.9 Å². The molecule has 0 saturated carbocycles. The number of benzene rings is 2. The molecule has 4 rings (SSSR count). The van der Waals surface area contributed by atoms with E-state index in [1.165, 1.54) is 12.1 Å². The predicted octanol–water partition coefficient (Wildman–Crippen LogP) is 3.49. The number of fused-ring (bicyclic) bond motifs is 1. The zero-order valence-corrected chi connectivity index (χ0v) is 15.4. The molecule has 2 heterocycles. The molecule has 0 aliphatic carbocycles. The first-order valence-electron chi connectivity index (χ1n) is 8.84. The summed E-state index contributed by atoms with van der Waals surface area (Å²) in [7, 11) is 0. The summed E-state index contributed by atoms with van der Waals surface area (Å²) in [6.45, 7) is 1.64. The van der Waals surface area contributed by atoms with Gasteiger partial charge in [0.1, 0.15) is 5.54 Å². The summed E-state index contributed by atoms with van der Waals surface area (Å²) < 4.78 is 48.7. The van der Waals surface area contributed by atoms with Crippen molar-refractivity contribution < 1.29 is 32.2 Å². The van der Waals surface area contributed by atoms with Gasteiger partial charge in [-0.15, -0.1) is 0 Å². The second kappa shape index (κ2) is 6.68. The van der Waals surface area contributed by atoms with E-state index < -0.39 is 29.2 Å². The summed E-state index contributed by atoms with van der Waals surface area (Å²) in [5, 5.41) is 2.69. The third-order valence-electron chi connectivity index (χ3n) is 4.96. The fourth-order valence-electron chi connectivity index (χ4n) is 3.45. The van der Waals surface area contributed by atoms with Gasteiger partial charge in [0.2, 0.25) is 6.79 Å². The summed E-state index contributed by atoms with van der Waals surface area (Å²) in [6.07, 6.45) is -4.21. The second-order valence-electron chi connectivity index (χ2n) is 7.21. The summed E-state index contributed by atoms with van der Waals surface area (Å²) >= 11 is 0. The number of halogens is 3. The van der Waals surface area contributed by atoms with Crippen LogP contribution >= 0.6 is 0 Å². The van der Waals surface area contributed by atoms with Crippen LogP contribution in [-0.4, -0.2) is 29.2 Å². The van der Waals surface area contributed by atoms with E-state index in [4.69, 9.17) is 9.47 Å². The quantitative estimate of drug-likeness (QED) is 0.790. The Morgan fingerprint density at radius 1 is 1.03 bits per heavy atom. The Balaban J connectivity index is 1.49. The third kappa shape index (κ3) is 3.59. The number of hydrogen-bond acceptors (Lipinski definition) is 4. The van der Waals surface area contributed by atoms with E-state index in [1.807, 2.05) is 0 Å². The van der Waals surface area contributed by atoms with Crippen molar-refractivity contribution in [3.05, 3.63) is 59.2 Å². The summed E-state index contributed by atoms with van der Waals surface area (Å²) in [6, 6.07) is 9.08. The summed E-state index contributed by atoms with van der Waals surface area (Å²) in [5.74, 6) is 0.745. The first-order valence-corrected chi connectivity index (χ1v) is 8.84. The van der Waals surface area contributed by atoms with E-state index in [9.17, 15) is 22.8 Å². The Bertz CT molecular complexity index is 975.